The fraction of sp³-hybridized carbons (Fsp3) is 0.400. The van der Waals surface area contributed by atoms with E-state index in [2.05, 4.69) is 24.0 Å². The third kappa shape index (κ3) is 1.30. The Kier molecular flexibility index (Phi) is 2.00. The van der Waals surface area contributed by atoms with Gasteiger partial charge in [-0.1, -0.05) is 19.0 Å². The molecule has 0 bridgehead atoms. The first-order valence-corrected chi connectivity index (χ1v) is 4.53. The molecule has 2 heterocycles. The van der Waals surface area contributed by atoms with E-state index >= 15 is 0 Å². The number of hydrogen-bond donors (Lipinski definition) is 0. The van der Waals surface area contributed by atoms with Gasteiger partial charge < -0.3 is 4.52 Å². The van der Waals surface area contributed by atoms with Gasteiger partial charge in [-0.15, -0.1) is 0 Å². The molecule has 1 atom stereocenters. The van der Waals surface area contributed by atoms with Crippen molar-refractivity contribution in [3.63, 3.8) is 0 Å². The molecule has 2 rings (SSSR count). The monoisotopic (exact) mass is 176 g/mol. The molecule has 13 heavy (non-hydrogen) atoms. The standard InChI is InChI=1S/C10H12N2O/c1-3-7(2)9-10-8(13-12-9)5-4-6-11-10/h4-7H,3H2,1-2H3. The summed E-state index contributed by atoms with van der Waals surface area (Å²) in [6.45, 7) is 4.26. The van der Waals surface area contributed by atoms with E-state index in [9.17, 15) is 0 Å². The summed E-state index contributed by atoms with van der Waals surface area (Å²) in [5.74, 6) is 0.413. The normalized spacial score (nSPS) is 13.4. The fourth-order valence-corrected chi connectivity index (χ4v) is 1.31. The highest BCUT2D eigenvalue weighted by atomic mass is 16.5. The summed E-state index contributed by atoms with van der Waals surface area (Å²) in [4.78, 5) is 4.25. The van der Waals surface area contributed by atoms with E-state index in [1.54, 1.807) is 6.20 Å². The summed E-state index contributed by atoms with van der Waals surface area (Å²) in [6, 6.07) is 3.75. The van der Waals surface area contributed by atoms with Crippen molar-refractivity contribution >= 4 is 11.1 Å². The van der Waals surface area contributed by atoms with Gasteiger partial charge in [-0.3, -0.25) is 4.98 Å². The van der Waals surface area contributed by atoms with Gasteiger partial charge in [-0.25, -0.2) is 0 Å². The zero-order valence-corrected chi connectivity index (χ0v) is 7.82. The number of aromatic nitrogens is 2. The predicted molar refractivity (Wildman–Crippen MR) is 50.5 cm³/mol. The van der Waals surface area contributed by atoms with Gasteiger partial charge in [0.25, 0.3) is 0 Å². The molecule has 0 radical (unpaired) electrons. The maximum atomic E-state index is 5.16. The lowest BCUT2D eigenvalue weighted by atomic mass is 10.0. The molecule has 0 aromatic carbocycles. The van der Waals surface area contributed by atoms with Gasteiger partial charge in [0.2, 0.25) is 0 Å². The third-order valence-electron chi connectivity index (χ3n) is 2.33. The molecular weight excluding hydrogens is 164 g/mol. The topological polar surface area (TPSA) is 38.9 Å². The minimum atomic E-state index is 0.413. The molecule has 0 fully saturated rings. The average molecular weight is 176 g/mol. The van der Waals surface area contributed by atoms with Crippen LogP contribution in [0.4, 0.5) is 0 Å². The lowest BCUT2D eigenvalue weighted by Gasteiger charge is -2.01. The van der Waals surface area contributed by atoms with Gasteiger partial charge in [0.1, 0.15) is 11.2 Å². The Labute approximate surface area is 76.8 Å². The molecule has 0 aliphatic heterocycles. The van der Waals surface area contributed by atoms with Gasteiger partial charge in [0, 0.05) is 12.1 Å². The van der Waals surface area contributed by atoms with Crippen LogP contribution in [0.3, 0.4) is 0 Å². The zero-order valence-electron chi connectivity index (χ0n) is 7.82. The zero-order chi connectivity index (χ0) is 9.26. The van der Waals surface area contributed by atoms with Crippen LogP contribution in [0.25, 0.3) is 11.1 Å². The minimum absolute atomic E-state index is 0.413. The molecule has 0 spiro atoms. The molecule has 0 saturated heterocycles. The summed E-state index contributed by atoms with van der Waals surface area (Å²) in [7, 11) is 0. The Balaban J connectivity index is 2.57. The number of fused-ring (bicyclic) bond motifs is 1. The molecular formula is C10H12N2O. The first kappa shape index (κ1) is 8.23. The van der Waals surface area contributed by atoms with Crippen molar-refractivity contribution in [3.8, 4) is 0 Å². The molecule has 1 unspecified atom stereocenters. The first-order valence-electron chi connectivity index (χ1n) is 4.53. The van der Waals surface area contributed by atoms with Crippen molar-refractivity contribution in [3.05, 3.63) is 24.0 Å². The van der Waals surface area contributed by atoms with Crippen molar-refractivity contribution in [1.82, 2.24) is 10.1 Å². The minimum Gasteiger partial charge on any atom is -0.354 e. The quantitative estimate of drug-likeness (QED) is 0.706. The number of hydrogen-bond acceptors (Lipinski definition) is 3. The summed E-state index contributed by atoms with van der Waals surface area (Å²) in [5, 5.41) is 4.03. The largest absolute Gasteiger partial charge is 0.354 e. The van der Waals surface area contributed by atoms with Crippen LogP contribution < -0.4 is 0 Å². The molecule has 0 N–H and O–H groups in total. The second kappa shape index (κ2) is 3.17. The van der Waals surface area contributed by atoms with E-state index in [0.29, 0.717) is 5.92 Å². The smallest absolute Gasteiger partial charge is 0.185 e. The van der Waals surface area contributed by atoms with Gasteiger partial charge in [-0.05, 0) is 18.6 Å². The second-order valence-corrected chi connectivity index (χ2v) is 3.23. The van der Waals surface area contributed by atoms with E-state index in [1.165, 1.54) is 0 Å². The number of rotatable bonds is 2. The second-order valence-electron chi connectivity index (χ2n) is 3.23. The van der Waals surface area contributed by atoms with Crippen LogP contribution in [0, 0.1) is 0 Å². The Morgan fingerprint density at radius 2 is 2.38 bits per heavy atom. The summed E-state index contributed by atoms with van der Waals surface area (Å²) >= 11 is 0. The van der Waals surface area contributed by atoms with Gasteiger partial charge in [0.15, 0.2) is 5.58 Å². The highest BCUT2D eigenvalue weighted by Gasteiger charge is 2.13. The molecule has 2 aromatic rings. The lowest BCUT2D eigenvalue weighted by Crippen LogP contribution is -1.92. The van der Waals surface area contributed by atoms with Crippen LogP contribution in [0.1, 0.15) is 31.9 Å². The predicted octanol–water partition coefficient (Wildman–Crippen LogP) is 2.74. The Morgan fingerprint density at radius 1 is 1.54 bits per heavy atom. The van der Waals surface area contributed by atoms with Crippen LogP contribution in [-0.2, 0) is 0 Å². The number of nitrogens with zero attached hydrogens (tertiary/aromatic N) is 2. The average Bonchev–Trinajstić information content (AvgIpc) is 2.60. The number of pyridine rings is 1. The summed E-state index contributed by atoms with van der Waals surface area (Å²) in [5.41, 5.74) is 2.65. The van der Waals surface area contributed by atoms with Crippen molar-refractivity contribution < 1.29 is 4.52 Å². The van der Waals surface area contributed by atoms with Crippen LogP contribution in [0.15, 0.2) is 22.9 Å². The maximum Gasteiger partial charge on any atom is 0.185 e. The Morgan fingerprint density at radius 3 is 3.15 bits per heavy atom. The van der Waals surface area contributed by atoms with E-state index in [-0.39, 0.29) is 0 Å². The SMILES string of the molecule is CCC(C)c1noc2cccnc12. The fourth-order valence-electron chi connectivity index (χ4n) is 1.31. The van der Waals surface area contributed by atoms with Gasteiger partial charge in [-0.2, -0.15) is 0 Å². The maximum absolute atomic E-state index is 5.16. The molecule has 0 aliphatic rings. The lowest BCUT2D eigenvalue weighted by molar-refractivity contribution is 0.438. The Hall–Kier alpha value is -1.38. The van der Waals surface area contributed by atoms with Crippen molar-refractivity contribution in [2.75, 3.05) is 0 Å². The summed E-state index contributed by atoms with van der Waals surface area (Å²) in [6.07, 6.45) is 2.82. The van der Waals surface area contributed by atoms with Crippen molar-refractivity contribution in [1.29, 1.82) is 0 Å². The molecule has 0 aliphatic carbocycles. The molecule has 68 valence electrons. The van der Waals surface area contributed by atoms with E-state index in [0.717, 1.165) is 23.2 Å². The van der Waals surface area contributed by atoms with Crippen LogP contribution in [0.2, 0.25) is 0 Å². The molecule has 2 aromatic heterocycles. The molecule has 3 heteroatoms. The summed E-state index contributed by atoms with van der Waals surface area (Å²) < 4.78 is 5.16. The van der Waals surface area contributed by atoms with Gasteiger partial charge >= 0.3 is 0 Å². The first-order chi connectivity index (χ1) is 6.33. The Bertz CT molecular complexity index is 408. The third-order valence-corrected chi connectivity index (χ3v) is 2.33. The highest BCUT2D eigenvalue weighted by Crippen LogP contribution is 2.24. The van der Waals surface area contributed by atoms with E-state index in [4.69, 9.17) is 4.52 Å². The van der Waals surface area contributed by atoms with Gasteiger partial charge in [0.05, 0.1) is 0 Å². The van der Waals surface area contributed by atoms with Crippen LogP contribution in [-0.4, -0.2) is 10.1 Å². The molecule has 3 nitrogen and oxygen atoms in total. The van der Waals surface area contributed by atoms with Crippen molar-refractivity contribution in [2.45, 2.75) is 26.2 Å². The van der Waals surface area contributed by atoms with E-state index in [1.807, 2.05) is 12.1 Å². The molecule has 0 saturated carbocycles. The molecule has 0 amide bonds. The van der Waals surface area contributed by atoms with Crippen LogP contribution >= 0.6 is 0 Å². The van der Waals surface area contributed by atoms with E-state index < -0.39 is 0 Å². The highest BCUT2D eigenvalue weighted by molar-refractivity contribution is 5.74. The van der Waals surface area contributed by atoms with Crippen molar-refractivity contribution in [2.24, 2.45) is 0 Å². The van der Waals surface area contributed by atoms with Crippen LogP contribution in [0.5, 0.6) is 0 Å².